The predicted molar refractivity (Wildman–Crippen MR) is 149 cm³/mol. The first-order valence-electron chi connectivity index (χ1n) is 13.2. The molecule has 1 aliphatic rings. The number of carbonyl (C=O) groups excluding carboxylic acids is 1. The van der Waals surface area contributed by atoms with Gasteiger partial charge >= 0.3 is 6.18 Å². The maximum absolute atomic E-state index is 13.5. The predicted octanol–water partition coefficient (Wildman–Crippen LogP) is 7.68. The van der Waals surface area contributed by atoms with Crippen LogP contribution in [0, 0.1) is 6.92 Å². The molecule has 0 radical (unpaired) electrons. The smallest absolute Gasteiger partial charge is 0.416 e. The number of alkyl halides is 3. The number of rotatable bonds is 7. The summed E-state index contributed by atoms with van der Waals surface area (Å²) in [6.45, 7) is 5.32. The van der Waals surface area contributed by atoms with Gasteiger partial charge < -0.3 is 15.0 Å². The van der Waals surface area contributed by atoms with E-state index in [9.17, 15) is 18.0 Å². The summed E-state index contributed by atoms with van der Waals surface area (Å²) in [5.74, 6) is 0.249. The van der Waals surface area contributed by atoms with Crippen LogP contribution in [0.4, 0.5) is 24.5 Å². The van der Waals surface area contributed by atoms with Crippen molar-refractivity contribution in [3.05, 3.63) is 95.4 Å². The first kappa shape index (κ1) is 27.2. The van der Waals surface area contributed by atoms with Gasteiger partial charge in [0.1, 0.15) is 5.75 Å². The van der Waals surface area contributed by atoms with Crippen molar-refractivity contribution in [3.63, 3.8) is 0 Å². The van der Waals surface area contributed by atoms with Crippen molar-refractivity contribution in [2.75, 3.05) is 23.3 Å². The second kappa shape index (κ2) is 11.4. The number of carbonyl (C=O) groups is 1. The molecular formula is C31H29F3N4O2. The van der Waals surface area contributed by atoms with E-state index in [1.165, 1.54) is 6.07 Å². The fourth-order valence-corrected chi connectivity index (χ4v) is 4.73. The Kier molecular flexibility index (Phi) is 7.73. The Balaban J connectivity index is 1.44. The summed E-state index contributed by atoms with van der Waals surface area (Å²) in [6, 6.07) is 16.0. The topological polar surface area (TPSA) is 67.3 Å². The molecule has 3 heterocycles. The van der Waals surface area contributed by atoms with Crippen molar-refractivity contribution in [2.45, 2.75) is 39.3 Å². The third kappa shape index (κ3) is 5.93. The van der Waals surface area contributed by atoms with Crippen molar-refractivity contribution < 1.29 is 22.7 Å². The monoisotopic (exact) mass is 546 g/mol. The van der Waals surface area contributed by atoms with E-state index in [0.717, 1.165) is 66.9 Å². The zero-order valence-corrected chi connectivity index (χ0v) is 22.3. The van der Waals surface area contributed by atoms with Crippen LogP contribution in [0.5, 0.6) is 11.6 Å². The molecule has 9 heteroatoms. The Morgan fingerprint density at radius 1 is 1.00 bits per heavy atom. The molecule has 40 heavy (non-hydrogen) atoms. The molecule has 206 valence electrons. The quantitative estimate of drug-likeness (QED) is 0.258. The molecule has 1 amide bonds. The normalized spacial score (nSPS) is 13.4. The summed E-state index contributed by atoms with van der Waals surface area (Å²) >= 11 is 0. The van der Waals surface area contributed by atoms with Gasteiger partial charge in [0.05, 0.1) is 16.9 Å². The minimum Gasteiger partial charge on any atom is -0.438 e. The van der Waals surface area contributed by atoms with Crippen molar-refractivity contribution in [1.29, 1.82) is 0 Å². The van der Waals surface area contributed by atoms with E-state index in [2.05, 4.69) is 15.3 Å². The minimum atomic E-state index is -4.53. The lowest BCUT2D eigenvalue weighted by molar-refractivity contribution is -0.137. The molecule has 0 unspecified atom stereocenters. The lowest BCUT2D eigenvalue weighted by atomic mass is 10.1. The van der Waals surface area contributed by atoms with Gasteiger partial charge in [-0.2, -0.15) is 13.2 Å². The number of ether oxygens (including phenoxy) is 1. The Bertz CT molecular complexity index is 1530. The highest BCUT2D eigenvalue weighted by Crippen LogP contribution is 2.37. The first-order chi connectivity index (χ1) is 19.2. The lowest BCUT2D eigenvalue weighted by Crippen LogP contribution is -2.22. The number of aryl methyl sites for hydroxylation is 2. The zero-order valence-electron chi connectivity index (χ0n) is 22.3. The van der Waals surface area contributed by atoms with Gasteiger partial charge in [0.15, 0.2) is 0 Å². The van der Waals surface area contributed by atoms with Gasteiger partial charge in [-0.1, -0.05) is 13.0 Å². The summed E-state index contributed by atoms with van der Waals surface area (Å²) in [5.41, 5.74) is 3.52. The van der Waals surface area contributed by atoms with Gasteiger partial charge in [0.2, 0.25) is 5.88 Å². The van der Waals surface area contributed by atoms with Crippen LogP contribution >= 0.6 is 0 Å². The van der Waals surface area contributed by atoms with E-state index < -0.39 is 17.6 Å². The van der Waals surface area contributed by atoms with E-state index in [4.69, 9.17) is 4.74 Å². The molecule has 0 spiro atoms. The molecule has 1 aliphatic heterocycles. The molecule has 0 atom stereocenters. The average Bonchev–Trinajstić information content (AvgIpc) is 3.49. The van der Waals surface area contributed by atoms with Gasteiger partial charge in [-0.3, -0.25) is 9.78 Å². The van der Waals surface area contributed by atoms with Crippen LogP contribution in [-0.4, -0.2) is 29.0 Å². The highest BCUT2D eigenvalue weighted by Gasteiger charge is 2.32. The summed E-state index contributed by atoms with van der Waals surface area (Å²) in [4.78, 5) is 24.1. The fourth-order valence-electron chi connectivity index (χ4n) is 4.73. The number of benzene rings is 2. The number of aromatic nitrogens is 2. The SMILES string of the molecule is CCc1cc(-c2cccnc2Oc2cc(C(=O)Nc3cc(C(F)(F)F)ccc3N3CCCC3)ccc2C)ccn1. The number of amides is 1. The Labute approximate surface area is 230 Å². The second-order valence-electron chi connectivity index (χ2n) is 9.71. The van der Waals surface area contributed by atoms with E-state index in [1.807, 2.05) is 43.0 Å². The number of anilines is 2. The van der Waals surface area contributed by atoms with Gasteiger partial charge in [0, 0.05) is 42.3 Å². The van der Waals surface area contributed by atoms with Crippen molar-refractivity contribution in [3.8, 4) is 22.8 Å². The molecule has 2 aromatic heterocycles. The van der Waals surface area contributed by atoms with Crippen LogP contribution in [-0.2, 0) is 12.6 Å². The maximum Gasteiger partial charge on any atom is 0.416 e. The molecule has 0 bridgehead atoms. The van der Waals surface area contributed by atoms with E-state index in [-0.39, 0.29) is 11.3 Å². The lowest BCUT2D eigenvalue weighted by Gasteiger charge is -2.23. The van der Waals surface area contributed by atoms with Gasteiger partial charge in [0.25, 0.3) is 5.91 Å². The van der Waals surface area contributed by atoms with Crippen molar-refractivity contribution in [1.82, 2.24) is 9.97 Å². The molecule has 2 aromatic carbocycles. The van der Waals surface area contributed by atoms with Crippen LogP contribution in [0.1, 0.15) is 46.9 Å². The molecule has 6 nitrogen and oxygen atoms in total. The van der Waals surface area contributed by atoms with Crippen LogP contribution in [0.3, 0.4) is 0 Å². The molecule has 1 saturated heterocycles. The zero-order chi connectivity index (χ0) is 28.3. The highest BCUT2D eigenvalue weighted by atomic mass is 19.4. The number of nitrogens with zero attached hydrogens (tertiary/aromatic N) is 3. The van der Waals surface area contributed by atoms with Crippen LogP contribution < -0.4 is 15.0 Å². The molecule has 4 aromatic rings. The Hall–Kier alpha value is -4.40. The van der Waals surface area contributed by atoms with Gasteiger partial charge in [-0.15, -0.1) is 0 Å². The number of nitrogens with one attached hydrogen (secondary N) is 1. The highest BCUT2D eigenvalue weighted by molar-refractivity contribution is 6.06. The molecule has 1 N–H and O–H groups in total. The van der Waals surface area contributed by atoms with Crippen molar-refractivity contribution >= 4 is 17.3 Å². The summed E-state index contributed by atoms with van der Waals surface area (Å²) < 4.78 is 46.7. The van der Waals surface area contributed by atoms with Crippen LogP contribution in [0.15, 0.2) is 73.1 Å². The van der Waals surface area contributed by atoms with E-state index >= 15 is 0 Å². The van der Waals surface area contributed by atoms with Crippen molar-refractivity contribution in [2.24, 2.45) is 0 Å². The Morgan fingerprint density at radius 2 is 1.80 bits per heavy atom. The maximum atomic E-state index is 13.5. The third-order valence-electron chi connectivity index (χ3n) is 6.94. The largest absolute Gasteiger partial charge is 0.438 e. The second-order valence-corrected chi connectivity index (χ2v) is 9.71. The average molecular weight is 547 g/mol. The van der Waals surface area contributed by atoms with E-state index in [0.29, 0.717) is 17.3 Å². The van der Waals surface area contributed by atoms with Crippen LogP contribution in [0.25, 0.3) is 11.1 Å². The molecular weight excluding hydrogens is 517 g/mol. The summed E-state index contributed by atoms with van der Waals surface area (Å²) in [5, 5.41) is 2.72. The molecule has 0 saturated carbocycles. The summed E-state index contributed by atoms with van der Waals surface area (Å²) in [6.07, 6.45) is 1.52. The number of pyridine rings is 2. The number of hydrogen-bond acceptors (Lipinski definition) is 5. The summed E-state index contributed by atoms with van der Waals surface area (Å²) in [7, 11) is 0. The van der Waals surface area contributed by atoms with Gasteiger partial charge in [-0.05, 0) is 91.9 Å². The van der Waals surface area contributed by atoms with E-state index in [1.54, 1.807) is 30.6 Å². The molecule has 0 aliphatic carbocycles. The standard InChI is InChI=1S/C31H29F3N4O2/c1-3-24-17-21(12-14-35-24)25-7-6-13-36-30(25)40-28-18-22(9-8-20(28)2)29(39)37-26-19-23(31(32,33)34)10-11-27(26)38-15-4-5-16-38/h6-14,17-19H,3-5,15-16H2,1-2H3,(H,37,39). The Morgan fingerprint density at radius 3 is 2.55 bits per heavy atom. The number of halogens is 3. The third-order valence-corrected chi connectivity index (χ3v) is 6.94. The molecule has 5 rings (SSSR count). The van der Waals surface area contributed by atoms with Crippen LogP contribution in [0.2, 0.25) is 0 Å². The fraction of sp³-hybridized carbons (Fsp3) is 0.258. The molecule has 1 fully saturated rings. The van der Waals surface area contributed by atoms with Gasteiger partial charge in [-0.25, -0.2) is 4.98 Å². The first-order valence-corrected chi connectivity index (χ1v) is 13.2. The minimum absolute atomic E-state index is 0.126. The number of hydrogen-bond donors (Lipinski definition) is 1.